The number of piperidine rings is 1. The summed E-state index contributed by atoms with van der Waals surface area (Å²) in [4.78, 5) is 7.24. The van der Waals surface area contributed by atoms with Crippen molar-refractivity contribution in [1.29, 1.82) is 0 Å². The fourth-order valence-corrected chi connectivity index (χ4v) is 2.36. The van der Waals surface area contributed by atoms with Crippen molar-refractivity contribution < 1.29 is 0 Å². The van der Waals surface area contributed by atoms with Crippen LogP contribution in [0.4, 0.5) is 0 Å². The van der Waals surface area contributed by atoms with Crippen molar-refractivity contribution in [3.63, 3.8) is 0 Å². The summed E-state index contributed by atoms with van der Waals surface area (Å²) in [5, 5.41) is 0. The molecule has 0 spiro atoms. The minimum Gasteiger partial charge on any atom is -0.298 e. The van der Waals surface area contributed by atoms with E-state index in [4.69, 9.17) is 4.99 Å². The molecule has 98 valence electrons. The third kappa shape index (κ3) is 4.26. The topological polar surface area (TPSA) is 15.6 Å². The Morgan fingerprint density at radius 2 is 1.83 bits per heavy atom. The Balaban J connectivity index is 1.75. The van der Waals surface area contributed by atoms with E-state index in [0.29, 0.717) is 0 Å². The van der Waals surface area contributed by atoms with Crippen molar-refractivity contribution in [2.24, 2.45) is 4.99 Å². The summed E-state index contributed by atoms with van der Waals surface area (Å²) >= 11 is 0. The molecule has 1 aromatic carbocycles. The molecule has 0 radical (unpaired) electrons. The van der Waals surface area contributed by atoms with Gasteiger partial charge in [0, 0.05) is 31.9 Å². The molecule has 0 bridgehead atoms. The molecule has 0 N–H and O–H groups in total. The van der Waals surface area contributed by atoms with Crippen LogP contribution in [0.1, 0.15) is 38.2 Å². The van der Waals surface area contributed by atoms with Gasteiger partial charge in [0.05, 0.1) is 0 Å². The van der Waals surface area contributed by atoms with Crippen LogP contribution in [0, 0.1) is 0 Å². The molecule has 0 atom stereocenters. The Bertz CT molecular complexity index is 360. The lowest BCUT2D eigenvalue weighted by Crippen LogP contribution is -2.33. The van der Waals surface area contributed by atoms with Crippen LogP contribution in [0.3, 0.4) is 0 Å². The van der Waals surface area contributed by atoms with Gasteiger partial charge in [0.25, 0.3) is 0 Å². The van der Waals surface area contributed by atoms with E-state index in [0.717, 1.165) is 25.9 Å². The van der Waals surface area contributed by atoms with Crippen LogP contribution in [0.5, 0.6) is 0 Å². The molecule has 1 saturated heterocycles. The zero-order valence-corrected chi connectivity index (χ0v) is 11.4. The van der Waals surface area contributed by atoms with E-state index in [9.17, 15) is 0 Å². The summed E-state index contributed by atoms with van der Waals surface area (Å²) in [6.07, 6.45) is 4.81. The normalized spacial score (nSPS) is 16.8. The molecule has 1 aliphatic rings. The molecule has 1 fully saturated rings. The second-order valence-corrected chi connectivity index (χ2v) is 5.06. The van der Waals surface area contributed by atoms with Crippen molar-refractivity contribution in [2.75, 3.05) is 19.6 Å². The molecular formula is C16H24N2. The van der Waals surface area contributed by atoms with Crippen LogP contribution in [0.25, 0.3) is 0 Å². The fraction of sp³-hybridized carbons (Fsp3) is 0.562. The third-order valence-electron chi connectivity index (χ3n) is 3.53. The van der Waals surface area contributed by atoms with Crippen molar-refractivity contribution in [3.8, 4) is 0 Å². The maximum absolute atomic E-state index is 4.70. The van der Waals surface area contributed by atoms with Crippen molar-refractivity contribution in [1.82, 2.24) is 4.90 Å². The summed E-state index contributed by atoms with van der Waals surface area (Å²) in [6.45, 7) is 6.68. The molecule has 0 aromatic heterocycles. The van der Waals surface area contributed by atoms with Gasteiger partial charge in [0.1, 0.15) is 0 Å². The second-order valence-electron chi connectivity index (χ2n) is 5.06. The number of hydrogen-bond donors (Lipinski definition) is 0. The Morgan fingerprint density at radius 1 is 1.11 bits per heavy atom. The number of likely N-dealkylation sites (tertiary alicyclic amines) is 1. The van der Waals surface area contributed by atoms with Gasteiger partial charge in [-0.15, -0.1) is 0 Å². The van der Waals surface area contributed by atoms with Crippen molar-refractivity contribution in [2.45, 2.75) is 39.2 Å². The van der Waals surface area contributed by atoms with Gasteiger partial charge in [-0.2, -0.15) is 0 Å². The standard InChI is InChI=1S/C16H24N2/c1-2-3-11-17-16-9-12-18(13-10-16)14-15-7-5-4-6-8-15/h4-8H,2-3,9-14H2,1H3. The lowest BCUT2D eigenvalue weighted by molar-refractivity contribution is 0.266. The van der Waals surface area contributed by atoms with Crippen LogP contribution in [-0.2, 0) is 6.54 Å². The summed E-state index contributed by atoms with van der Waals surface area (Å²) in [5.41, 5.74) is 2.86. The first-order valence-corrected chi connectivity index (χ1v) is 7.17. The first-order chi connectivity index (χ1) is 8.88. The van der Waals surface area contributed by atoms with Crippen molar-refractivity contribution in [3.05, 3.63) is 35.9 Å². The van der Waals surface area contributed by atoms with Gasteiger partial charge in [-0.25, -0.2) is 0 Å². The number of hydrogen-bond acceptors (Lipinski definition) is 2. The minimum atomic E-state index is 1.03. The van der Waals surface area contributed by atoms with E-state index in [2.05, 4.69) is 42.2 Å². The highest BCUT2D eigenvalue weighted by Gasteiger charge is 2.14. The Hall–Kier alpha value is -1.15. The summed E-state index contributed by atoms with van der Waals surface area (Å²) in [6, 6.07) is 10.8. The third-order valence-corrected chi connectivity index (χ3v) is 3.53. The molecule has 2 rings (SSSR count). The SMILES string of the molecule is CCCCN=C1CCN(Cc2ccccc2)CC1. The molecule has 1 aliphatic heterocycles. The predicted molar refractivity (Wildman–Crippen MR) is 78.2 cm³/mol. The number of nitrogens with zero attached hydrogens (tertiary/aromatic N) is 2. The van der Waals surface area contributed by atoms with Gasteiger partial charge < -0.3 is 0 Å². The smallest absolute Gasteiger partial charge is 0.0388 e. The van der Waals surface area contributed by atoms with Gasteiger partial charge in [-0.3, -0.25) is 9.89 Å². The minimum absolute atomic E-state index is 1.03. The van der Waals surface area contributed by atoms with E-state index in [1.807, 2.05) is 0 Å². The Labute approximate surface area is 111 Å². The quantitative estimate of drug-likeness (QED) is 0.724. The molecule has 2 heteroatoms. The van der Waals surface area contributed by atoms with Gasteiger partial charge in [0.15, 0.2) is 0 Å². The van der Waals surface area contributed by atoms with Crippen LogP contribution < -0.4 is 0 Å². The van der Waals surface area contributed by atoms with Crippen LogP contribution >= 0.6 is 0 Å². The average Bonchev–Trinajstić information content (AvgIpc) is 2.42. The van der Waals surface area contributed by atoms with E-state index >= 15 is 0 Å². The number of aliphatic imine (C=N–C) groups is 1. The maximum atomic E-state index is 4.70. The number of rotatable bonds is 5. The molecule has 0 unspecified atom stereocenters. The van der Waals surface area contributed by atoms with Crippen LogP contribution in [0.15, 0.2) is 35.3 Å². The van der Waals surface area contributed by atoms with E-state index in [1.165, 1.54) is 37.2 Å². The Kier molecular flexibility index (Phi) is 5.40. The summed E-state index contributed by atoms with van der Waals surface area (Å²) < 4.78 is 0. The molecule has 2 nitrogen and oxygen atoms in total. The monoisotopic (exact) mass is 244 g/mol. The average molecular weight is 244 g/mol. The van der Waals surface area contributed by atoms with Gasteiger partial charge >= 0.3 is 0 Å². The number of benzene rings is 1. The molecular weight excluding hydrogens is 220 g/mol. The summed E-state index contributed by atoms with van der Waals surface area (Å²) in [7, 11) is 0. The maximum Gasteiger partial charge on any atom is 0.0388 e. The molecule has 0 aliphatic carbocycles. The fourth-order valence-electron chi connectivity index (χ4n) is 2.36. The highest BCUT2D eigenvalue weighted by Crippen LogP contribution is 2.12. The lowest BCUT2D eigenvalue weighted by Gasteiger charge is -2.27. The second kappa shape index (κ2) is 7.32. The van der Waals surface area contributed by atoms with E-state index in [1.54, 1.807) is 0 Å². The highest BCUT2D eigenvalue weighted by molar-refractivity contribution is 5.85. The van der Waals surface area contributed by atoms with Crippen LogP contribution in [0.2, 0.25) is 0 Å². The zero-order valence-electron chi connectivity index (χ0n) is 11.4. The molecule has 18 heavy (non-hydrogen) atoms. The molecule has 0 amide bonds. The summed E-state index contributed by atoms with van der Waals surface area (Å²) in [5.74, 6) is 0. The zero-order chi connectivity index (χ0) is 12.6. The largest absolute Gasteiger partial charge is 0.298 e. The molecule has 1 heterocycles. The lowest BCUT2D eigenvalue weighted by atomic mass is 10.1. The first kappa shape index (κ1) is 13.3. The van der Waals surface area contributed by atoms with Crippen LogP contribution in [-0.4, -0.2) is 30.2 Å². The predicted octanol–water partition coefficient (Wildman–Crippen LogP) is 3.52. The van der Waals surface area contributed by atoms with Gasteiger partial charge in [-0.05, 0) is 24.8 Å². The van der Waals surface area contributed by atoms with Crippen molar-refractivity contribution >= 4 is 5.71 Å². The van der Waals surface area contributed by atoms with Gasteiger partial charge in [-0.1, -0.05) is 43.7 Å². The Morgan fingerprint density at radius 3 is 2.50 bits per heavy atom. The van der Waals surface area contributed by atoms with E-state index < -0.39 is 0 Å². The highest BCUT2D eigenvalue weighted by atomic mass is 15.1. The molecule has 0 saturated carbocycles. The van der Waals surface area contributed by atoms with E-state index in [-0.39, 0.29) is 0 Å². The number of unbranched alkanes of at least 4 members (excludes halogenated alkanes) is 1. The van der Waals surface area contributed by atoms with Gasteiger partial charge in [0.2, 0.25) is 0 Å². The first-order valence-electron chi connectivity index (χ1n) is 7.17. The molecule has 1 aromatic rings.